The van der Waals surface area contributed by atoms with Crippen LogP contribution in [0, 0.1) is 12.7 Å². The fraction of sp³-hybridized carbons (Fsp3) is 0.250. The maximum atomic E-state index is 13.2. The lowest BCUT2D eigenvalue weighted by molar-refractivity contribution is 0.560. The third kappa shape index (κ3) is 2.20. The van der Waals surface area contributed by atoms with Crippen LogP contribution in [0.15, 0.2) is 28.7 Å². The molecule has 1 atom stereocenters. The summed E-state index contributed by atoms with van der Waals surface area (Å²) in [7, 11) is 0. The molecule has 1 aromatic carbocycles. The van der Waals surface area contributed by atoms with Crippen molar-refractivity contribution in [1.82, 2.24) is 9.78 Å². The van der Waals surface area contributed by atoms with E-state index < -0.39 is 0 Å². The van der Waals surface area contributed by atoms with Crippen LogP contribution in [0.1, 0.15) is 24.2 Å². The number of nitrogens with zero attached hydrogens (tertiary/aromatic N) is 2. The number of aromatic nitrogens is 2. The molecule has 1 heterocycles. The van der Waals surface area contributed by atoms with Gasteiger partial charge < -0.3 is 5.73 Å². The Hall–Kier alpha value is -1.36. The molecule has 0 amide bonds. The minimum Gasteiger partial charge on any atom is -0.383 e. The Kier molecular flexibility index (Phi) is 3.19. The van der Waals surface area contributed by atoms with Crippen LogP contribution < -0.4 is 5.73 Å². The lowest BCUT2D eigenvalue weighted by atomic mass is 10.1. The molecule has 2 rings (SSSR count). The first-order valence-corrected chi connectivity index (χ1v) is 6.05. The van der Waals surface area contributed by atoms with E-state index >= 15 is 0 Å². The molecule has 0 aliphatic rings. The minimum atomic E-state index is -0.254. The highest BCUT2D eigenvalue weighted by molar-refractivity contribution is 9.10. The number of benzene rings is 1. The molecule has 0 fully saturated rings. The van der Waals surface area contributed by atoms with Crippen molar-refractivity contribution in [3.8, 4) is 0 Å². The molecule has 0 saturated heterocycles. The number of rotatable bonds is 2. The molecule has 2 aromatic rings. The zero-order valence-corrected chi connectivity index (χ0v) is 11.2. The van der Waals surface area contributed by atoms with Gasteiger partial charge in [0.15, 0.2) is 0 Å². The normalized spacial score (nSPS) is 12.7. The molecule has 0 radical (unpaired) electrons. The van der Waals surface area contributed by atoms with Gasteiger partial charge >= 0.3 is 0 Å². The summed E-state index contributed by atoms with van der Waals surface area (Å²) in [5.41, 5.74) is 7.60. The van der Waals surface area contributed by atoms with Crippen LogP contribution in [0.3, 0.4) is 0 Å². The number of anilines is 1. The third-order valence-electron chi connectivity index (χ3n) is 2.75. The molecule has 0 aliphatic carbocycles. The number of hydrogen-bond acceptors (Lipinski definition) is 2. The van der Waals surface area contributed by atoms with E-state index in [1.165, 1.54) is 12.1 Å². The van der Waals surface area contributed by atoms with Gasteiger partial charge in [0.1, 0.15) is 11.6 Å². The molecule has 90 valence electrons. The smallest absolute Gasteiger partial charge is 0.137 e. The second-order valence-corrected chi connectivity index (χ2v) is 4.75. The summed E-state index contributed by atoms with van der Waals surface area (Å²) in [6.07, 6.45) is 0. The van der Waals surface area contributed by atoms with Crippen LogP contribution in [0.4, 0.5) is 10.2 Å². The van der Waals surface area contributed by atoms with Gasteiger partial charge in [-0.1, -0.05) is 12.1 Å². The van der Waals surface area contributed by atoms with Crippen molar-refractivity contribution in [2.24, 2.45) is 0 Å². The van der Waals surface area contributed by atoms with E-state index in [2.05, 4.69) is 21.0 Å². The highest BCUT2D eigenvalue weighted by Gasteiger charge is 2.16. The fourth-order valence-corrected chi connectivity index (χ4v) is 2.01. The van der Waals surface area contributed by atoms with Gasteiger partial charge in [-0.2, -0.15) is 5.10 Å². The summed E-state index contributed by atoms with van der Waals surface area (Å²) < 4.78 is 15.6. The lowest BCUT2D eigenvalue weighted by Crippen LogP contribution is -2.11. The lowest BCUT2D eigenvalue weighted by Gasteiger charge is -2.14. The molecule has 0 bridgehead atoms. The average molecular weight is 298 g/mol. The minimum absolute atomic E-state index is 0.101. The Morgan fingerprint density at radius 2 is 2.18 bits per heavy atom. The number of halogens is 2. The van der Waals surface area contributed by atoms with Gasteiger partial charge in [0.05, 0.1) is 16.2 Å². The standard InChI is InChI=1S/C12H13BrFN3/c1-7-11(13)12(15)17(16-7)8(2)9-4-3-5-10(14)6-9/h3-6,8H,15H2,1-2H3. The van der Waals surface area contributed by atoms with Crippen LogP contribution in [-0.2, 0) is 0 Å². The van der Waals surface area contributed by atoms with Crippen molar-refractivity contribution >= 4 is 21.7 Å². The molecule has 0 spiro atoms. The molecule has 17 heavy (non-hydrogen) atoms. The van der Waals surface area contributed by atoms with Crippen molar-refractivity contribution in [3.63, 3.8) is 0 Å². The number of nitrogens with two attached hydrogens (primary N) is 1. The Morgan fingerprint density at radius 3 is 2.71 bits per heavy atom. The second-order valence-electron chi connectivity index (χ2n) is 3.96. The third-order valence-corrected chi connectivity index (χ3v) is 3.73. The molecular formula is C12H13BrFN3. The molecule has 3 nitrogen and oxygen atoms in total. The van der Waals surface area contributed by atoms with Crippen molar-refractivity contribution in [3.05, 3.63) is 45.8 Å². The van der Waals surface area contributed by atoms with Gasteiger partial charge in [-0.3, -0.25) is 0 Å². The molecule has 0 saturated carbocycles. The first-order chi connectivity index (χ1) is 8.00. The van der Waals surface area contributed by atoms with Crippen LogP contribution in [0.5, 0.6) is 0 Å². The highest BCUT2D eigenvalue weighted by Crippen LogP contribution is 2.28. The van der Waals surface area contributed by atoms with Crippen LogP contribution in [0.25, 0.3) is 0 Å². The summed E-state index contributed by atoms with van der Waals surface area (Å²) >= 11 is 3.37. The summed E-state index contributed by atoms with van der Waals surface area (Å²) in [5.74, 6) is 0.301. The second kappa shape index (κ2) is 4.49. The monoisotopic (exact) mass is 297 g/mol. The quantitative estimate of drug-likeness (QED) is 0.924. The first kappa shape index (κ1) is 12.1. The maximum Gasteiger partial charge on any atom is 0.137 e. The molecular weight excluding hydrogens is 285 g/mol. The largest absolute Gasteiger partial charge is 0.383 e. The van der Waals surface area contributed by atoms with Gasteiger partial charge in [-0.25, -0.2) is 9.07 Å². The summed E-state index contributed by atoms with van der Waals surface area (Å²) in [6, 6.07) is 6.36. The average Bonchev–Trinajstić information content (AvgIpc) is 2.56. The van der Waals surface area contributed by atoms with Crippen LogP contribution in [-0.4, -0.2) is 9.78 Å². The SMILES string of the molecule is Cc1nn(C(C)c2cccc(F)c2)c(N)c1Br. The number of aryl methyl sites for hydroxylation is 1. The van der Waals surface area contributed by atoms with Gasteiger partial charge in [0.2, 0.25) is 0 Å². The zero-order valence-electron chi connectivity index (χ0n) is 9.61. The predicted molar refractivity (Wildman–Crippen MR) is 69.3 cm³/mol. The van der Waals surface area contributed by atoms with E-state index in [0.717, 1.165) is 15.7 Å². The summed E-state index contributed by atoms with van der Waals surface area (Å²) in [4.78, 5) is 0. The Bertz CT molecular complexity index is 551. The van der Waals surface area contributed by atoms with E-state index in [4.69, 9.17) is 5.73 Å². The zero-order chi connectivity index (χ0) is 12.6. The highest BCUT2D eigenvalue weighted by atomic mass is 79.9. The maximum absolute atomic E-state index is 13.2. The Morgan fingerprint density at radius 1 is 1.47 bits per heavy atom. The first-order valence-electron chi connectivity index (χ1n) is 5.26. The Balaban J connectivity index is 2.43. The molecule has 0 aliphatic heterocycles. The van der Waals surface area contributed by atoms with Crippen molar-refractivity contribution in [1.29, 1.82) is 0 Å². The van der Waals surface area contributed by atoms with E-state index in [-0.39, 0.29) is 11.9 Å². The number of nitrogen functional groups attached to an aromatic ring is 1. The number of hydrogen-bond donors (Lipinski definition) is 1. The van der Waals surface area contributed by atoms with E-state index in [9.17, 15) is 4.39 Å². The molecule has 5 heteroatoms. The van der Waals surface area contributed by atoms with Gasteiger partial charge in [-0.05, 0) is 47.5 Å². The van der Waals surface area contributed by atoms with Gasteiger partial charge in [0.25, 0.3) is 0 Å². The molecule has 1 unspecified atom stereocenters. The summed E-state index contributed by atoms with van der Waals surface area (Å²) in [5, 5.41) is 4.34. The predicted octanol–water partition coefficient (Wildman–Crippen LogP) is 3.28. The van der Waals surface area contributed by atoms with E-state index in [0.29, 0.717) is 5.82 Å². The van der Waals surface area contributed by atoms with Crippen molar-refractivity contribution in [2.75, 3.05) is 5.73 Å². The molecule has 1 aromatic heterocycles. The van der Waals surface area contributed by atoms with Gasteiger partial charge in [0, 0.05) is 0 Å². The summed E-state index contributed by atoms with van der Waals surface area (Å²) in [6.45, 7) is 3.80. The van der Waals surface area contributed by atoms with Crippen LogP contribution in [0.2, 0.25) is 0 Å². The fourth-order valence-electron chi connectivity index (χ4n) is 1.75. The Labute approximate surface area is 108 Å². The van der Waals surface area contributed by atoms with Crippen molar-refractivity contribution < 1.29 is 4.39 Å². The molecule has 2 N–H and O–H groups in total. The van der Waals surface area contributed by atoms with Crippen LogP contribution >= 0.6 is 15.9 Å². The topological polar surface area (TPSA) is 43.8 Å². The van der Waals surface area contributed by atoms with Gasteiger partial charge in [-0.15, -0.1) is 0 Å². The van der Waals surface area contributed by atoms with Crippen molar-refractivity contribution in [2.45, 2.75) is 19.9 Å². The van der Waals surface area contributed by atoms with E-state index in [1.54, 1.807) is 10.7 Å². The van der Waals surface area contributed by atoms with E-state index in [1.807, 2.05) is 19.9 Å².